The number of pyridine rings is 1. The molecule has 0 aliphatic rings. The number of aromatic nitrogens is 1. The Hall–Kier alpha value is -1.15. The Kier molecular flexibility index (Phi) is 5.09. The predicted molar refractivity (Wildman–Crippen MR) is 70.7 cm³/mol. The Morgan fingerprint density at radius 2 is 2.17 bits per heavy atom. The molecule has 8 heteroatoms. The Morgan fingerprint density at radius 3 is 2.72 bits per heavy atom. The molecule has 0 atom stereocenters. The first-order valence-corrected chi connectivity index (χ1v) is 7.58. The number of aryl methyl sites for hydroxylation is 1. The quantitative estimate of drug-likeness (QED) is 0.822. The smallest absolute Gasteiger partial charge is 0.323 e. The minimum absolute atomic E-state index is 0.143. The molecule has 0 aliphatic carbocycles. The van der Waals surface area contributed by atoms with Gasteiger partial charge in [-0.15, -0.1) is 0 Å². The van der Waals surface area contributed by atoms with Crippen LogP contribution in [0.3, 0.4) is 0 Å². The number of hydrogen-bond donors (Lipinski definition) is 1. The average Bonchev–Trinajstić information content (AvgIpc) is 2.22. The number of anilines is 1. The lowest BCUT2D eigenvalue weighted by atomic mass is 10.4. The van der Waals surface area contributed by atoms with E-state index in [-0.39, 0.29) is 12.4 Å². The molecule has 0 bridgehead atoms. The Labute approximate surface area is 114 Å². The molecular formula is C10H13BrN2O4S. The molecule has 1 heterocycles. The van der Waals surface area contributed by atoms with E-state index in [1.165, 1.54) is 6.07 Å². The van der Waals surface area contributed by atoms with Gasteiger partial charge in [0.05, 0.1) is 12.3 Å². The number of hydrogen-bond acceptors (Lipinski definition) is 5. The minimum atomic E-state index is -3.79. The molecule has 6 nitrogen and oxygen atoms in total. The number of carbonyl (C=O) groups is 1. The summed E-state index contributed by atoms with van der Waals surface area (Å²) in [5.41, 5.74) is 0.645. The molecule has 1 rings (SSSR count). The third kappa shape index (κ3) is 4.61. The Balaban J connectivity index is 2.76. The van der Waals surface area contributed by atoms with Crippen LogP contribution in [-0.2, 0) is 19.6 Å². The lowest BCUT2D eigenvalue weighted by Gasteiger charge is -2.08. The van der Waals surface area contributed by atoms with Gasteiger partial charge in [0.1, 0.15) is 5.82 Å². The number of rotatable bonds is 5. The van der Waals surface area contributed by atoms with E-state index in [0.29, 0.717) is 5.69 Å². The third-order valence-corrected chi connectivity index (χ3v) is 3.87. The van der Waals surface area contributed by atoms with Crippen LogP contribution in [0.15, 0.2) is 16.6 Å². The lowest BCUT2D eigenvalue weighted by Crippen LogP contribution is -2.24. The summed E-state index contributed by atoms with van der Waals surface area (Å²) in [5.74, 6) is -1.35. The van der Waals surface area contributed by atoms with E-state index in [9.17, 15) is 13.2 Å². The second kappa shape index (κ2) is 6.14. The average molecular weight is 337 g/mol. The van der Waals surface area contributed by atoms with Crippen molar-refractivity contribution in [2.24, 2.45) is 0 Å². The van der Waals surface area contributed by atoms with E-state index in [2.05, 4.69) is 30.4 Å². The zero-order valence-corrected chi connectivity index (χ0v) is 12.3. The van der Waals surface area contributed by atoms with Gasteiger partial charge in [-0.25, -0.2) is 13.4 Å². The monoisotopic (exact) mass is 336 g/mol. The maximum atomic E-state index is 11.6. The van der Waals surface area contributed by atoms with Crippen molar-refractivity contribution in [3.8, 4) is 0 Å². The summed E-state index contributed by atoms with van der Waals surface area (Å²) in [6, 6.07) is 3.17. The molecule has 0 fully saturated rings. The zero-order chi connectivity index (χ0) is 13.8. The molecule has 0 saturated carbocycles. The van der Waals surface area contributed by atoms with Crippen LogP contribution in [0.25, 0.3) is 0 Å². The Bertz CT molecular complexity index is 545. The summed E-state index contributed by atoms with van der Waals surface area (Å²) in [6.45, 7) is 3.48. The van der Waals surface area contributed by atoms with Crippen molar-refractivity contribution < 1.29 is 17.9 Å². The van der Waals surface area contributed by atoms with Crippen LogP contribution in [0.1, 0.15) is 12.6 Å². The molecule has 0 amide bonds. The van der Waals surface area contributed by atoms with Crippen molar-refractivity contribution >= 4 is 37.7 Å². The van der Waals surface area contributed by atoms with E-state index in [4.69, 9.17) is 0 Å². The fraction of sp³-hybridized carbons (Fsp3) is 0.400. The van der Waals surface area contributed by atoms with Gasteiger partial charge < -0.3 is 4.74 Å². The van der Waals surface area contributed by atoms with Gasteiger partial charge in [-0.3, -0.25) is 9.52 Å². The van der Waals surface area contributed by atoms with E-state index < -0.39 is 21.7 Å². The van der Waals surface area contributed by atoms with Crippen LogP contribution in [0.2, 0.25) is 0 Å². The summed E-state index contributed by atoms with van der Waals surface area (Å²) in [7, 11) is -3.79. The van der Waals surface area contributed by atoms with Gasteiger partial charge in [-0.1, -0.05) is 0 Å². The highest BCUT2D eigenvalue weighted by atomic mass is 79.9. The third-order valence-electron chi connectivity index (χ3n) is 1.89. The van der Waals surface area contributed by atoms with Crippen LogP contribution in [0.4, 0.5) is 5.82 Å². The first-order chi connectivity index (χ1) is 8.34. The molecule has 1 N–H and O–H groups in total. The molecule has 0 saturated heterocycles. The number of sulfonamides is 1. The molecule has 0 spiro atoms. The highest BCUT2D eigenvalue weighted by molar-refractivity contribution is 9.10. The van der Waals surface area contributed by atoms with E-state index in [0.717, 1.165) is 4.47 Å². The topological polar surface area (TPSA) is 85.4 Å². The molecule has 0 unspecified atom stereocenters. The van der Waals surface area contributed by atoms with Crippen LogP contribution in [0.5, 0.6) is 0 Å². The number of ether oxygens (including phenoxy) is 1. The second-order valence-corrected chi connectivity index (χ2v) is 6.01. The van der Waals surface area contributed by atoms with Crippen LogP contribution >= 0.6 is 15.9 Å². The van der Waals surface area contributed by atoms with E-state index >= 15 is 0 Å². The Morgan fingerprint density at radius 1 is 1.50 bits per heavy atom. The van der Waals surface area contributed by atoms with Gasteiger partial charge in [0.25, 0.3) is 0 Å². The highest BCUT2D eigenvalue weighted by Crippen LogP contribution is 2.16. The fourth-order valence-corrected chi connectivity index (χ4v) is 2.27. The van der Waals surface area contributed by atoms with Gasteiger partial charge >= 0.3 is 5.97 Å². The van der Waals surface area contributed by atoms with Crippen LogP contribution in [0, 0.1) is 6.92 Å². The molecule has 1 aromatic rings. The van der Waals surface area contributed by atoms with Crippen molar-refractivity contribution in [3.05, 3.63) is 22.3 Å². The number of nitrogens with zero attached hydrogens (tertiary/aromatic N) is 1. The zero-order valence-electron chi connectivity index (χ0n) is 9.94. The van der Waals surface area contributed by atoms with E-state index in [1.54, 1.807) is 19.9 Å². The molecule has 100 valence electrons. The standard InChI is InChI=1S/C10H13BrN2O4S/c1-3-17-10(14)6-18(15,16)13-9-5-4-8(11)7(2)12-9/h4-5H,3,6H2,1-2H3,(H,12,13). The van der Waals surface area contributed by atoms with Crippen molar-refractivity contribution in [2.75, 3.05) is 17.1 Å². The molecule has 0 aliphatic heterocycles. The molecule has 1 aromatic heterocycles. The van der Waals surface area contributed by atoms with Gasteiger partial charge in [0, 0.05) is 4.47 Å². The van der Waals surface area contributed by atoms with Gasteiger partial charge in [-0.05, 0) is 41.9 Å². The minimum Gasteiger partial charge on any atom is -0.465 e. The predicted octanol–water partition coefficient (Wildman–Crippen LogP) is 1.46. The van der Waals surface area contributed by atoms with Gasteiger partial charge in [-0.2, -0.15) is 0 Å². The normalized spacial score (nSPS) is 11.1. The summed E-state index contributed by atoms with van der Waals surface area (Å²) >= 11 is 3.26. The maximum absolute atomic E-state index is 11.6. The molecule has 0 aromatic carbocycles. The number of esters is 1. The van der Waals surface area contributed by atoms with Crippen LogP contribution < -0.4 is 4.72 Å². The second-order valence-electron chi connectivity index (χ2n) is 3.43. The molecule has 18 heavy (non-hydrogen) atoms. The molecular weight excluding hydrogens is 324 g/mol. The number of nitrogens with one attached hydrogen (secondary N) is 1. The van der Waals surface area contributed by atoms with E-state index in [1.807, 2.05) is 0 Å². The first-order valence-electron chi connectivity index (χ1n) is 5.13. The highest BCUT2D eigenvalue weighted by Gasteiger charge is 2.18. The number of halogens is 1. The van der Waals surface area contributed by atoms with Crippen molar-refractivity contribution in [3.63, 3.8) is 0 Å². The summed E-state index contributed by atoms with van der Waals surface area (Å²) in [4.78, 5) is 15.1. The first kappa shape index (κ1) is 14.9. The maximum Gasteiger partial charge on any atom is 0.323 e. The van der Waals surface area contributed by atoms with Crippen LogP contribution in [-0.4, -0.2) is 31.7 Å². The largest absolute Gasteiger partial charge is 0.465 e. The summed E-state index contributed by atoms with van der Waals surface area (Å²) in [6.07, 6.45) is 0. The van der Waals surface area contributed by atoms with Gasteiger partial charge in [0.15, 0.2) is 5.75 Å². The lowest BCUT2D eigenvalue weighted by molar-refractivity contribution is -0.139. The van der Waals surface area contributed by atoms with Crippen molar-refractivity contribution in [1.29, 1.82) is 0 Å². The SMILES string of the molecule is CCOC(=O)CS(=O)(=O)Nc1ccc(Br)c(C)n1. The van der Waals surface area contributed by atoms with Crippen molar-refractivity contribution in [1.82, 2.24) is 4.98 Å². The van der Waals surface area contributed by atoms with Crippen molar-refractivity contribution in [2.45, 2.75) is 13.8 Å². The summed E-state index contributed by atoms with van der Waals surface area (Å²) < 4.78 is 30.8. The summed E-state index contributed by atoms with van der Waals surface area (Å²) in [5, 5.41) is 0. The number of carbonyl (C=O) groups excluding carboxylic acids is 1. The van der Waals surface area contributed by atoms with Gasteiger partial charge in [0.2, 0.25) is 10.0 Å². The molecule has 0 radical (unpaired) electrons. The fourth-order valence-electron chi connectivity index (χ4n) is 1.15.